The van der Waals surface area contributed by atoms with Gasteiger partial charge in [0.2, 0.25) is 0 Å². The summed E-state index contributed by atoms with van der Waals surface area (Å²) in [5.74, 6) is 0.692. The number of benzene rings is 2. The van der Waals surface area contributed by atoms with Gasteiger partial charge >= 0.3 is 0 Å². The molecule has 3 nitrogen and oxygen atoms in total. The third-order valence-electron chi connectivity index (χ3n) is 3.92. The number of ether oxygens (including phenoxy) is 1. The molecule has 0 amide bonds. The number of nitrogens with zero attached hydrogens (tertiary/aromatic N) is 1. The Hall–Kier alpha value is -2.47. The summed E-state index contributed by atoms with van der Waals surface area (Å²) in [6, 6.07) is 15.7. The fourth-order valence-electron chi connectivity index (χ4n) is 2.80. The van der Waals surface area contributed by atoms with Crippen LogP contribution in [-0.2, 0) is 0 Å². The molecular formula is C18H18N2O. The molecule has 2 N–H and O–H groups in total. The Morgan fingerprint density at radius 3 is 2.52 bits per heavy atom. The first-order chi connectivity index (χ1) is 10.3. The van der Waals surface area contributed by atoms with E-state index in [0.29, 0.717) is 11.3 Å². The van der Waals surface area contributed by atoms with Crippen LogP contribution in [0.3, 0.4) is 0 Å². The van der Waals surface area contributed by atoms with Gasteiger partial charge in [-0.05, 0) is 61.1 Å². The lowest BCUT2D eigenvalue weighted by molar-refractivity contribution is 0.209. The third kappa shape index (κ3) is 3.00. The summed E-state index contributed by atoms with van der Waals surface area (Å²) in [7, 11) is 0. The molecule has 0 radical (unpaired) electrons. The molecule has 0 aliphatic heterocycles. The van der Waals surface area contributed by atoms with Gasteiger partial charge in [0.15, 0.2) is 0 Å². The largest absolute Gasteiger partial charge is 0.489 e. The minimum Gasteiger partial charge on any atom is -0.489 e. The molecule has 0 spiro atoms. The molecule has 3 heteroatoms. The van der Waals surface area contributed by atoms with Crippen molar-refractivity contribution in [2.24, 2.45) is 0 Å². The van der Waals surface area contributed by atoms with E-state index < -0.39 is 0 Å². The monoisotopic (exact) mass is 278 g/mol. The van der Waals surface area contributed by atoms with Gasteiger partial charge in [0.1, 0.15) is 11.8 Å². The van der Waals surface area contributed by atoms with Crippen LogP contribution >= 0.6 is 0 Å². The van der Waals surface area contributed by atoms with Gasteiger partial charge < -0.3 is 10.5 Å². The molecule has 2 aromatic rings. The highest BCUT2D eigenvalue weighted by Gasteiger charge is 2.18. The molecule has 3 rings (SSSR count). The minimum absolute atomic E-state index is 0.260. The summed E-state index contributed by atoms with van der Waals surface area (Å²) in [4.78, 5) is 0. The van der Waals surface area contributed by atoms with Crippen molar-refractivity contribution in [1.29, 1.82) is 5.26 Å². The molecule has 106 valence electrons. The first-order valence-electron chi connectivity index (χ1n) is 7.33. The number of nitrogen functional groups attached to an aromatic ring is 1. The predicted octanol–water partition coefficient (Wildman–Crippen LogP) is 4.13. The average Bonchev–Trinajstić information content (AvgIpc) is 3.00. The summed E-state index contributed by atoms with van der Waals surface area (Å²) in [5.41, 5.74) is 9.12. The van der Waals surface area contributed by atoms with E-state index in [1.807, 2.05) is 42.5 Å². The van der Waals surface area contributed by atoms with Crippen LogP contribution in [0.5, 0.6) is 5.75 Å². The maximum absolute atomic E-state index is 9.36. The van der Waals surface area contributed by atoms with Gasteiger partial charge in [-0.2, -0.15) is 5.26 Å². The second-order valence-corrected chi connectivity index (χ2v) is 5.47. The van der Waals surface area contributed by atoms with Crippen molar-refractivity contribution in [3.05, 3.63) is 48.0 Å². The zero-order valence-corrected chi connectivity index (χ0v) is 11.9. The molecular weight excluding hydrogens is 260 g/mol. The van der Waals surface area contributed by atoms with Crippen molar-refractivity contribution in [3.63, 3.8) is 0 Å². The number of rotatable bonds is 3. The maximum Gasteiger partial charge on any atom is 0.137 e. The number of anilines is 1. The van der Waals surface area contributed by atoms with E-state index in [1.54, 1.807) is 0 Å². The summed E-state index contributed by atoms with van der Waals surface area (Å²) in [6.45, 7) is 0. The summed E-state index contributed by atoms with van der Waals surface area (Å²) >= 11 is 0. The van der Waals surface area contributed by atoms with Crippen molar-refractivity contribution in [2.45, 2.75) is 31.8 Å². The Labute approximate surface area is 125 Å². The van der Waals surface area contributed by atoms with Gasteiger partial charge in [0.05, 0.1) is 11.7 Å². The van der Waals surface area contributed by atoms with E-state index in [9.17, 15) is 5.26 Å². The normalized spacial score (nSPS) is 14.8. The Bertz CT molecular complexity index is 682. The van der Waals surface area contributed by atoms with Crippen LogP contribution in [0.2, 0.25) is 0 Å². The molecule has 21 heavy (non-hydrogen) atoms. The molecule has 0 unspecified atom stereocenters. The highest BCUT2D eigenvalue weighted by Crippen LogP contribution is 2.30. The lowest BCUT2D eigenvalue weighted by Gasteiger charge is -2.15. The average molecular weight is 278 g/mol. The van der Waals surface area contributed by atoms with E-state index in [-0.39, 0.29) is 6.10 Å². The summed E-state index contributed by atoms with van der Waals surface area (Å²) in [5, 5.41) is 9.36. The van der Waals surface area contributed by atoms with E-state index in [0.717, 1.165) is 29.7 Å². The summed E-state index contributed by atoms with van der Waals surface area (Å²) < 4.78 is 5.96. The highest BCUT2D eigenvalue weighted by atomic mass is 16.5. The maximum atomic E-state index is 9.36. The van der Waals surface area contributed by atoms with Crippen molar-refractivity contribution >= 4 is 5.69 Å². The van der Waals surface area contributed by atoms with Gasteiger partial charge in [-0.3, -0.25) is 0 Å². The molecule has 1 saturated carbocycles. The van der Waals surface area contributed by atoms with Crippen LogP contribution in [0.25, 0.3) is 11.1 Å². The van der Waals surface area contributed by atoms with Gasteiger partial charge in [0.25, 0.3) is 0 Å². The first kappa shape index (κ1) is 13.5. The molecule has 1 aliphatic carbocycles. The zero-order chi connectivity index (χ0) is 14.7. The molecule has 1 aliphatic rings. The smallest absolute Gasteiger partial charge is 0.137 e. The zero-order valence-electron chi connectivity index (χ0n) is 11.9. The number of nitriles is 1. The van der Waals surface area contributed by atoms with Crippen LogP contribution in [0.4, 0.5) is 5.69 Å². The van der Waals surface area contributed by atoms with Crippen molar-refractivity contribution in [3.8, 4) is 22.9 Å². The molecule has 0 saturated heterocycles. The Balaban J connectivity index is 1.90. The van der Waals surface area contributed by atoms with E-state index >= 15 is 0 Å². The van der Waals surface area contributed by atoms with Gasteiger partial charge in [0, 0.05) is 5.69 Å². The molecule has 0 aromatic heterocycles. The Morgan fingerprint density at radius 1 is 1.05 bits per heavy atom. The second-order valence-electron chi connectivity index (χ2n) is 5.47. The van der Waals surface area contributed by atoms with Gasteiger partial charge in [-0.15, -0.1) is 0 Å². The van der Waals surface area contributed by atoms with Crippen molar-refractivity contribution in [1.82, 2.24) is 0 Å². The highest BCUT2D eigenvalue weighted by molar-refractivity contribution is 5.70. The topological polar surface area (TPSA) is 59.0 Å². The number of hydrogen-bond donors (Lipinski definition) is 1. The van der Waals surface area contributed by atoms with E-state index in [2.05, 4.69) is 6.07 Å². The van der Waals surface area contributed by atoms with E-state index in [1.165, 1.54) is 12.8 Å². The SMILES string of the molecule is N#Cc1cc(-c2cccc(N)c2)ccc1OC1CCCC1. The predicted molar refractivity (Wildman–Crippen MR) is 83.9 cm³/mol. The van der Waals surface area contributed by atoms with Gasteiger partial charge in [-0.1, -0.05) is 18.2 Å². The molecule has 1 fully saturated rings. The lowest BCUT2D eigenvalue weighted by atomic mass is 10.0. The van der Waals surface area contributed by atoms with Crippen LogP contribution in [-0.4, -0.2) is 6.10 Å². The lowest BCUT2D eigenvalue weighted by Crippen LogP contribution is -2.11. The minimum atomic E-state index is 0.260. The second kappa shape index (κ2) is 5.88. The molecule has 0 bridgehead atoms. The van der Waals surface area contributed by atoms with Crippen LogP contribution < -0.4 is 10.5 Å². The summed E-state index contributed by atoms with van der Waals surface area (Å²) in [6.07, 6.45) is 4.86. The fourth-order valence-corrected chi connectivity index (χ4v) is 2.80. The molecule has 0 atom stereocenters. The third-order valence-corrected chi connectivity index (χ3v) is 3.92. The fraction of sp³-hybridized carbons (Fsp3) is 0.278. The van der Waals surface area contributed by atoms with Gasteiger partial charge in [-0.25, -0.2) is 0 Å². The van der Waals surface area contributed by atoms with Crippen molar-refractivity contribution in [2.75, 3.05) is 5.73 Å². The Morgan fingerprint density at radius 2 is 1.81 bits per heavy atom. The number of hydrogen-bond acceptors (Lipinski definition) is 3. The standard InChI is InChI=1S/C18H18N2O/c19-12-15-10-14(13-4-3-5-16(20)11-13)8-9-18(15)21-17-6-1-2-7-17/h3-5,8-11,17H,1-2,6-7,20H2. The quantitative estimate of drug-likeness (QED) is 0.859. The van der Waals surface area contributed by atoms with E-state index in [4.69, 9.17) is 10.5 Å². The first-order valence-corrected chi connectivity index (χ1v) is 7.33. The Kier molecular flexibility index (Phi) is 3.79. The molecule has 0 heterocycles. The van der Waals surface area contributed by atoms with Crippen molar-refractivity contribution < 1.29 is 4.74 Å². The van der Waals surface area contributed by atoms with Crippen LogP contribution in [0.15, 0.2) is 42.5 Å². The number of nitrogens with two attached hydrogens (primary N) is 1. The van der Waals surface area contributed by atoms with Crippen LogP contribution in [0, 0.1) is 11.3 Å². The van der Waals surface area contributed by atoms with Crippen LogP contribution in [0.1, 0.15) is 31.2 Å². The molecule has 2 aromatic carbocycles.